The standard InChI is InChI=1S/C17H16BrFN2O3S/c18-16-11-12(19)3-8-15(16)17(22)20-13-4-6-14(7-5-13)25(23,24)21-9-1-2-10-21/h3-8,11H,1-2,9-10H2,(H,20,22). The second-order valence-corrected chi connectivity index (χ2v) is 8.51. The minimum Gasteiger partial charge on any atom is -0.322 e. The lowest BCUT2D eigenvalue weighted by Crippen LogP contribution is -2.27. The first kappa shape index (κ1) is 18.0. The smallest absolute Gasteiger partial charge is 0.256 e. The maximum Gasteiger partial charge on any atom is 0.256 e. The highest BCUT2D eigenvalue weighted by Gasteiger charge is 2.26. The summed E-state index contributed by atoms with van der Waals surface area (Å²) in [5.41, 5.74) is 0.747. The minimum absolute atomic E-state index is 0.204. The third kappa shape index (κ3) is 3.91. The molecule has 1 amide bonds. The highest BCUT2D eigenvalue weighted by Crippen LogP contribution is 2.23. The number of carbonyl (C=O) groups excluding carboxylic acids is 1. The Kier molecular flexibility index (Phi) is 5.21. The van der Waals surface area contributed by atoms with Crippen molar-refractivity contribution in [1.82, 2.24) is 4.31 Å². The Hall–Kier alpha value is -1.77. The fraction of sp³-hybridized carbons (Fsp3) is 0.235. The van der Waals surface area contributed by atoms with Gasteiger partial charge in [-0.1, -0.05) is 0 Å². The molecule has 1 aliphatic heterocycles. The number of benzene rings is 2. The molecule has 0 bridgehead atoms. The lowest BCUT2D eigenvalue weighted by molar-refractivity contribution is 0.102. The lowest BCUT2D eigenvalue weighted by Gasteiger charge is -2.15. The number of nitrogens with one attached hydrogen (secondary N) is 1. The molecule has 1 fully saturated rings. The van der Waals surface area contributed by atoms with Crippen molar-refractivity contribution in [2.75, 3.05) is 18.4 Å². The van der Waals surface area contributed by atoms with E-state index in [9.17, 15) is 17.6 Å². The van der Waals surface area contributed by atoms with Crippen LogP contribution in [0.3, 0.4) is 0 Å². The Labute approximate surface area is 154 Å². The molecule has 5 nitrogen and oxygen atoms in total. The van der Waals surface area contributed by atoms with Crippen molar-refractivity contribution in [3.63, 3.8) is 0 Å². The van der Waals surface area contributed by atoms with E-state index in [0.717, 1.165) is 12.8 Å². The number of hydrogen-bond acceptors (Lipinski definition) is 3. The van der Waals surface area contributed by atoms with Gasteiger partial charge in [0.1, 0.15) is 5.82 Å². The maximum absolute atomic E-state index is 13.1. The van der Waals surface area contributed by atoms with Gasteiger partial charge in [0, 0.05) is 23.2 Å². The first-order valence-electron chi connectivity index (χ1n) is 7.74. The van der Waals surface area contributed by atoms with Gasteiger partial charge in [0.05, 0.1) is 10.5 Å². The number of sulfonamides is 1. The number of carbonyl (C=O) groups is 1. The van der Waals surface area contributed by atoms with Gasteiger partial charge >= 0.3 is 0 Å². The molecule has 2 aromatic rings. The normalized spacial score (nSPS) is 15.3. The molecule has 0 atom stereocenters. The molecule has 0 aliphatic carbocycles. The summed E-state index contributed by atoms with van der Waals surface area (Å²) in [7, 11) is -3.48. The fourth-order valence-electron chi connectivity index (χ4n) is 2.66. The zero-order valence-electron chi connectivity index (χ0n) is 13.2. The van der Waals surface area contributed by atoms with Gasteiger partial charge in [-0.25, -0.2) is 12.8 Å². The van der Waals surface area contributed by atoms with E-state index in [1.54, 1.807) is 0 Å². The zero-order chi connectivity index (χ0) is 18.0. The van der Waals surface area contributed by atoms with E-state index in [1.165, 1.54) is 46.8 Å². The second kappa shape index (κ2) is 7.23. The summed E-state index contributed by atoms with van der Waals surface area (Å²) >= 11 is 3.15. The van der Waals surface area contributed by atoms with Crippen LogP contribution in [-0.2, 0) is 10.0 Å². The van der Waals surface area contributed by atoms with Crippen molar-refractivity contribution < 1.29 is 17.6 Å². The molecule has 1 heterocycles. The molecular weight excluding hydrogens is 411 g/mol. The van der Waals surface area contributed by atoms with Gasteiger partial charge in [-0.3, -0.25) is 4.79 Å². The predicted octanol–water partition coefficient (Wildman–Crippen LogP) is 3.63. The summed E-state index contributed by atoms with van der Waals surface area (Å²) < 4.78 is 39.8. The quantitative estimate of drug-likeness (QED) is 0.811. The third-order valence-electron chi connectivity index (χ3n) is 3.99. The molecule has 0 saturated carbocycles. The number of rotatable bonds is 4. The monoisotopic (exact) mass is 426 g/mol. The predicted molar refractivity (Wildman–Crippen MR) is 96.5 cm³/mol. The molecule has 1 aliphatic rings. The van der Waals surface area contributed by atoms with Gasteiger partial charge in [0.2, 0.25) is 10.0 Å². The lowest BCUT2D eigenvalue weighted by atomic mass is 10.2. The van der Waals surface area contributed by atoms with Crippen LogP contribution in [0, 0.1) is 5.82 Å². The van der Waals surface area contributed by atoms with E-state index in [-0.39, 0.29) is 10.5 Å². The number of nitrogens with zero attached hydrogens (tertiary/aromatic N) is 1. The average Bonchev–Trinajstić information content (AvgIpc) is 3.10. The van der Waals surface area contributed by atoms with Gasteiger partial charge in [-0.2, -0.15) is 4.31 Å². The van der Waals surface area contributed by atoms with E-state index in [0.29, 0.717) is 23.2 Å². The van der Waals surface area contributed by atoms with E-state index in [4.69, 9.17) is 0 Å². The summed E-state index contributed by atoms with van der Waals surface area (Å²) in [5.74, 6) is -0.859. The number of anilines is 1. The summed E-state index contributed by atoms with van der Waals surface area (Å²) in [4.78, 5) is 12.5. The Morgan fingerprint density at radius 2 is 1.72 bits per heavy atom. The van der Waals surface area contributed by atoms with Gasteiger partial charge in [0.25, 0.3) is 5.91 Å². The highest BCUT2D eigenvalue weighted by atomic mass is 79.9. The van der Waals surface area contributed by atoms with Crippen molar-refractivity contribution in [3.05, 3.63) is 58.3 Å². The van der Waals surface area contributed by atoms with E-state index < -0.39 is 21.7 Å². The van der Waals surface area contributed by atoms with E-state index in [1.807, 2.05) is 0 Å². The fourth-order valence-corrected chi connectivity index (χ4v) is 4.71. The Balaban J connectivity index is 1.75. The van der Waals surface area contributed by atoms with Crippen LogP contribution in [0.25, 0.3) is 0 Å². The molecule has 0 spiro atoms. The molecule has 3 rings (SSSR count). The van der Waals surface area contributed by atoms with Gasteiger partial charge in [-0.05, 0) is 71.2 Å². The Morgan fingerprint density at radius 3 is 2.32 bits per heavy atom. The van der Waals surface area contributed by atoms with Crippen LogP contribution in [0.1, 0.15) is 23.2 Å². The first-order chi connectivity index (χ1) is 11.9. The van der Waals surface area contributed by atoms with Gasteiger partial charge in [-0.15, -0.1) is 0 Å². The molecule has 1 N–H and O–H groups in total. The number of halogens is 2. The third-order valence-corrected chi connectivity index (χ3v) is 6.56. The molecule has 1 saturated heterocycles. The van der Waals surface area contributed by atoms with Crippen molar-refractivity contribution in [1.29, 1.82) is 0 Å². The molecule has 2 aromatic carbocycles. The van der Waals surface area contributed by atoms with Crippen molar-refractivity contribution in [2.24, 2.45) is 0 Å². The van der Waals surface area contributed by atoms with Gasteiger partial charge < -0.3 is 5.32 Å². The average molecular weight is 427 g/mol. The Bertz CT molecular complexity index is 895. The van der Waals surface area contributed by atoms with Crippen LogP contribution in [0.5, 0.6) is 0 Å². The molecule has 132 valence electrons. The largest absolute Gasteiger partial charge is 0.322 e. The van der Waals surface area contributed by atoms with Crippen molar-refractivity contribution in [3.8, 4) is 0 Å². The SMILES string of the molecule is O=C(Nc1ccc(S(=O)(=O)N2CCCC2)cc1)c1ccc(F)cc1Br. The van der Waals surface area contributed by atoms with Crippen LogP contribution in [0.15, 0.2) is 51.8 Å². The Morgan fingerprint density at radius 1 is 1.08 bits per heavy atom. The van der Waals surface area contributed by atoms with E-state index >= 15 is 0 Å². The van der Waals surface area contributed by atoms with Crippen LogP contribution in [0.4, 0.5) is 10.1 Å². The van der Waals surface area contributed by atoms with Crippen LogP contribution in [0.2, 0.25) is 0 Å². The number of amides is 1. The molecule has 8 heteroatoms. The first-order valence-corrected chi connectivity index (χ1v) is 9.98. The van der Waals surface area contributed by atoms with Crippen LogP contribution in [-0.4, -0.2) is 31.7 Å². The van der Waals surface area contributed by atoms with Crippen LogP contribution < -0.4 is 5.32 Å². The summed E-state index contributed by atoms with van der Waals surface area (Å²) in [6, 6.07) is 9.81. The van der Waals surface area contributed by atoms with Crippen molar-refractivity contribution >= 4 is 37.5 Å². The minimum atomic E-state index is -3.48. The van der Waals surface area contributed by atoms with Gasteiger partial charge in [0.15, 0.2) is 0 Å². The number of hydrogen-bond donors (Lipinski definition) is 1. The molecule has 0 unspecified atom stereocenters. The van der Waals surface area contributed by atoms with Crippen molar-refractivity contribution in [2.45, 2.75) is 17.7 Å². The summed E-state index contributed by atoms with van der Waals surface area (Å²) in [6.07, 6.45) is 1.75. The molecular formula is C17H16BrFN2O3S. The molecule has 0 aromatic heterocycles. The second-order valence-electron chi connectivity index (χ2n) is 5.71. The summed E-state index contributed by atoms with van der Waals surface area (Å²) in [6.45, 7) is 1.08. The van der Waals surface area contributed by atoms with E-state index in [2.05, 4.69) is 21.2 Å². The molecule has 25 heavy (non-hydrogen) atoms. The molecule has 0 radical (unpaired) electrons. The maximum atomic E-state index is 13.1. The van der Waals surface area contributed by atoms with Crippen LogP contribution >= 0.6 is 15.9 Å². The topological polar surface area (TPSA) is 66.5 Å². The summed E-state index contributed by atoms with van der Waals surface area (Å²) in [5, 5.41) is 2.67. The highest BCUT2D eigenvalue weighted by molar-refractivity contribution is 9.10. The zero-order valence-corrected chi connectivity index (χ0v) is 15.6.